The molecule has 1 fully saturated rings. The van der Waals surface area contributed by atoms with Gasteiger partial charge in [0.15, 0.2) is 5.60 Å². The van der Waals surface area contributed by atoms with Crippen LogP contribution in [0.15, 0.2) is 23.0 Å². The number of primary amides is 1. The number of nitrogens with zero attached hydrogens (tertiary/aromatic N) is 2. The maximum absolute atomic E-state index is 14.2. The number of phenols is 1. The second-order valence-electron chi connectivity index (χ2n) is 10.4. The van der Waals surface area contributed by atoms with Crippen molar-refractivity contribution in [2.45, 2.75) is 50.2 Å². The number of hydrogen-bond donors (Lipinski definition) is 5. The van der Waals surface area contributed by atoms with Crippen LogP contribution in [0.5, 0.6) is 5.75 Å². The van der Waals surface area contributed by atoms with Crippen LogP contribution >= 0.6 is 0 Å². The minimum absolute atomic E-state index is 0.0109. The number of amides is 1. The van der Waals surface area contributed by atoms with Crippen molar-refractivity contribution in [1.82, 2.24) is 4.90 Å². The Bertz CT molecular complexity index is 1240. The molecule has 6 N–H and O–H groups in total. The molecule has 202 valence electrons. The van der Waals surface area contributed by atoms with Crippen molar-refractivity contribution in [3.8, 4) is 5.75 Å². The van der Waals surface area contributed by atoms with Gasteiger partial charge in [-0.2, -0.15) is 0 Å². The molecule has 0 aromatic heterocycles. The second-order valence-corrected chi connectivity index (χ2v) is 10.4. The number of aliphatic hydroxyl groups is 3. The second kappa shape index (κ2) is 9.02. The van der Waals surface area contributed by atoms with Crippen molar-refractivity contribution in [3.05, 3.63) is 39.7 Å². The normalized spacial score (nSPS) is 28.8. The van der Waals surface area contributed by atoms with Crippen molar-refractivity contribution in [2.75, 3.05) is 40.2 Å². The van der Waals surface area contributed by atoms with E-state index in [-0.39, 0.29) is 29.9 Å². The molecule has 37 heavy (non-hydrogen) atoms. The number of nitrogens with two attached hydrogens (primary N) is 1. The third-order valence-corrected chi connectivity index (χ3v) is 7.79. The van der Waals surface area contributed by atoms with Crippen molar-refractivity contribution in [3.63, 3.8) is 0 Å². The first kappa shape index (κ1) is 26.9. The summed E-state index contributed by atoms with van der Waals surface area (Å²) in [6.45, 7) is 1.95. The van der Waals surface area contributed by atoms with E-state index in [1.165, 1.54) is 7.11 Å². The summed E-state index contributed by atoms with van der Waals surface area (Å²) < 4.78 is 10.8. The van der Waals surface area contributed by atoms with E-state index in [0.29, 0.717) is 24.0 Å². The Hall–Kier alpha value is -3.12. The number of aromatic hydroxyl groups is 1. The van der Waals surface area contributed by atoms with Gasteiger partial charge in [-0.1, -0.05) is 6.92 Å². The number of benzene rings is 1. The van der Waals surface area contributed by atoms with Gasteiger partial charge in [0.1, 0.15) is 22.8 Å². The lowest BCUT2D eigenvalue weighted by atomic mass is 9.71. The lowest BCUT2D eigenvalue weighted by molar-refractivity contribution is -0.122. The molecule has 1 aromatic carbocycles. The van der Waals surface area contributed by atoms with E-state index in [4.69, 9.17) is 15.2 Å². The third-order valence-electron chi connectivity index (χ3n) is 7.79. The van der Waals surface area contributed by atoms with Crippen LogP contribution in [-0.4, -0.2) is 89.7 Å². The molecule has 11 nitrogen and oxygen atoms in total. The quantitative estimate of drug-likeness (QED) is 0.315. The molecule has 4 rings (SSSR count). The van der Waals surface area contributed by atoms with Crippen LogP contribution in [0.4, 0.5) is 5.69 Å². The van der Waals surface area contributed by atoms with E-state index in [2.05, 4.69) is 0 Å². The number of likely N-dealkylation sites (N-methyl/N-ethyl adjacent to an activating group) is 1. The van der Waals surface area contributed by atoms with Crippen molar-refractivity contribution in [2.24, 2.45) is 11.7 Å². The predicted octanol–water partition coefficient (Wildman–Crippen LogP) is 1.11. The number of hydrogen-bond acceptors (Lipinski definition) is 10. The molecule has 1 heterocycles. The summed E-state index contributed by atoms with van der Waals surface area (Å²) in [5.41, 5.74) is 4.96. The highest BCUT2D eigenvalue weighted by Gasteiger charge is 2.81. The zero-order valence-electron chi connectivity index (χ0n) is 22.0. The molecule has 4 atom stereocenters. The van der Waals surface area contributed by atoms with Crippen LogP contribution < -0.4 is 10.6 Å². The summed E-state index contributed by atoms with van der Waals surface area (Å²) in [6.07, 6.45) is 0.630. The fourth-order valence-corrected chi connectivity index (χ4v) is 5.80. The van der Waals surface area contributed by atoms with E-state index in [1.807, 2.05) is 25.9 Å². The van der Waals surface area contributed by atoms with E-state index in [0.717, 1.165) is 5.69 Å². The van der Waals surface area contributed by atoms with Gasteiger partial charge in [-0.25, -0.2) is 0 Å². The van der Waals surface area contributed by atoms with Gasteiger partial charge >= 0.3 is 0 Å². The largest absolute Gasteiger partial charge is 0.510 e. The first-order valence-corrected chi connectivity index (χ1v) is 12.1. The van der Waals surface area contributed by atoms with Crippen molar-refractivity contribution < 1.29 is 39.5 Å². The maximum Gasteiger partial charge on any atom is 0.253 e. The Kier molecular flexibility index (Phi) is 6.56. The highest BCUT2D eigenvalue weighted by Crippen LogP contribution is 2.61. The van der Waals surface area contributed by atoms with Crippen LogP contribution in [0.3, 0.4) is 0 Å². The van der Waals surface area contributed by atoms with E-state index < -0.39 is 52.1 Å². The zero-order chi connectivity index (χ0) is 27.6. The summed E-state index contributed by atoms with van der Waals surface area (Å²) in [4.78, 5) is 29.9. The molecule has 1 aromatic rings. The van der Waals surface area contributed by atoms with Gasteiger partial charge in [-0.05, 0) is 44.5 Å². The Balaban J connectivity index is 1.93. The number of carbonyl (C=O) groups is 2. The number of Topliss-reactive ketones (excluding diaryl/α,β-unsaturated/α-hetero) is 1. The van der Waals surface area contributed by atoms with Gasteiger partial charge < -0.3 is 40.5 Å². The van der Waals surface area contributed by atoms with Gasteiger partial charge in [-0.3, -0.25) is 14.5 Å². The van der Waals surface area contributed by atoms with E-state index >= 15 is 0 Å². The number of phenolic OH excluding ortho intramolecular Hbond substituents is 1. The molecule has 0 saturated carbocycles. The smallest absolute Gasteiger partial charge is 0.253 e. The fraction of sp³-hybridized carbons (Fsp3) is 0.538. The number of aliphatic hydroxyl groups excluding tert-OH is 2. The Morgan fingerprint density at radius 1 is 1.22 bits per heavy atom. The molecule has 11 heteroatoms. The summed E-state index contributed by atoms with van der Waals surface area (Å²) in [5, 5.41) is 44.6. The number of epoxide rings is 1. The Labute approximate surface area is 215 Å². The number of anilines is 1. The number of carbonyl (C=O) groups excluding carboxylic acids is 2. The molecular weight excluding hydrogens is 482 g/mol. The number of ether oxygens (including phenoxy) is 2. The van der Waals surface area contributed by atoms with Gasteiger partial charge in [0.2, 0.25) is 11.6 Å². The number of rotatable bonds is 8. The first-order chi connectivity index (χ1) is 17.3. The molecule has 0 spiro atoms. The molecule has 1 aliphatic heterocycles. The molecule has 2 aliphatic carbocycles. The number of ketones is 1. The minimum Gasteiger partial charge on any atom is -0.510 e. The highest BCUT2D eigenvalue weighted by atomic mass is 16.8. The summed E-state index contributed by atoms with van der Waals surface area (Å²) in [5.74, 6) is -5.79. The maximum atomic E-state index is 14.2. The van der Waals surface area contributed by atoms with Gasteiger partial charge in [0.05, 0.1) is 18.2 Å². The Morgan fingerprint density at radius 3 is 2.38 bits per heavy atom. The van der Waals surface area contributed by atoms with Crippen LogP contribution in [0.2, 0.25) is 0 Å². The van der Waals surface area contributed by atoms with Crippen LogP contribution in [-0.2, 0) is 32.1 Å². The lowest BCUT2D eigenvalue weighted by Gasteiger charge is -2.35. The van der Waals surface area contributed by atoms with Gasteiger partial charge in [0.25, 0.3) is 5.91 Å². The van der Waals surface area contributed by atoms with Crippen molar-refractivity contribution >= 4 is 23.1 Å². The molecule has 1 saturated heterocycles. The molecule has 1 amide bonds. The standard InChI is InChI=1S/C26H35N3O8/c1-7-12-8-14-15(28(2)3)9-13(11-36-6)20(30)18(14)22(32)17(12)23(33)25-10-16(29(4)5)21(31)19(24(27)34)26(25,35)37-25/h9,12,16,30-32,35H,7-8,10-11H2,1-6H3,(H2,27,34)/t12?,16-,25-,26?/m0/s1. The van der Waals surface area contributed by atoms with E-state index in [1.54, 1.807) is 25.1 Å². The highest BCUT2D eigenvalue weighted by molar-refractivity contribution is 6.13. The first-order valence-electron chi connectivity index (χ1n) is 12.1. The summed E-state index contributed by atoms with van der Waals surface area (Å²) >= 11 is 0. The third kappa shape index (κ3) is 3.71. The average Bonchev–Trinajstić information content (AvgIpc) is 3.44. The Morgan fingerprint density at radius 2 is 1.86 bits per heavy atom. The van der Waals surface area contributed by atoms with Crippen molar-refractivity contribution in [1.29, 1.82) is 0 Å². The van der Waals surface area contributed by atoms with Crippen LogP contribution in [0.1, 0.15) is 36.5 Å². The zero-order valence-corrected chi connectivity index (χ0v) is 22.0. The van der Waals surface area contributed by atoms with Gasteiger partial charge in [-0.15, -0.1) is 0 Å². The molecular formula is C26H35N3O8. The topological polar surface area (TPSA) is 169 Å². The fourth-order valence-electron chi connectivity index (χ4n) is 5.80. The summed E-state index contributed by atoms with van der Waals surface area (Å²) in [7, 11) is 8.46. The summed E-state index contributed by atoms with van der Waals surface area (Å²) in [6, 6.07) is 0.955. The molecule has 2 unspecified atom stereocenters. The van der Waals surface area contributed by atoms with Crippen LogP contribution in [0.25, 0.3) is 5.76 Å². The molecule has 0 bridgehead atoms. The number of methoxy groups -OCH3 is 1. The van der Waals surface area contributed by atoms with Crippen LogP contribution in [0, 0.1) is 5.92 Å². The SMILES string of the molecule is CCC1Cc2c(N(C)C)cc(COC)c(O)c2C(O)=C1C(=O)[C@@]12C[C@H](N(C)C)C(O)=C(C(N)=O)C1(O)O2. The molecule has 0 radical (unpaired) electrons. The average molecular weight is 518 g/mol. The predicted molar refractivity (Wildman–Crippen MR) is 135 cm³/mol. The minimum atomic E-state index is -2.42. The van der Waals surface area contributed by atoms with Gasteiger partial charge in [0, 0.05) is 44.4 Å². The number of fused-ring (bicyclic) bond motifs is 2. The molecule has 3 aliphatic rings. The lowest BCUT2D eigenvalue weighted by Crippen LogP contribution is -2.51. The monoisotopic (exact) mass is 517 g/mol. The van der Waals surface area contributed by atoms with E-state index in [9.17, 15) is 30.0 Å².